The number of ketones is 1. The lowest BCUT2D eigenvalue weighted by molar-refractivity contribution is -0.140. The van der Waals surface area contributed by atoms with Crippen LogP contribution in [0, 0.1) is 5.82 Å². The van der Waals surface area contributed by atoms with Gasteiger partial charge in [0.15, 0.2) is 0 Å². The van der Waals surface area contributed by atoms with Crippen molar-refractivity contribution in [2.24, 2.45) is 0 Å². The van der Waals surface area contributed by atoms with Crippen molar-refractivity contribution < 1.29 is 35.5 Å². The van der Waals surface area contributed by atoms with Gasteiger partial charge in [-0.3, -0.25) is 4.79 Å². The largest absolute Gasteiger partial charge is 0.454 e. The van der Waals surface area contributed by atoms with E-state index in [-0.39, 0.29) is 6.07 Å². The lowest BCUT2D eigenvalue weighted by Gasteiger charge is -2.13. The number of carbonyl (C=O) groups is 1. The van der Waals surface area contributed by atoms with Crippen LogP contribution in [0.5, 0.6) is 0 Å². The second-order valence-electron chi connectivity index (χ2n) is 2.99. The maximum Gasteiger partial charge on any atom is 0.454 e. The van der Waals surface area contributed by atoms with Crippen molar-refractivity contribution in [3.63, 3.8) is 0 Å². The highest BCUT2D eigenvalue weighted by Gasteiger charge is 2.46. The van der Waals surface area contributed by atoms with Crippen LogP contribution in [-0.4, -0.2) is 12.0 Å². The summed E-state index contributed by atoms with van der Waals surface area (Å²) < 4.78 is 85.7. The lowest BCUT2D eigenvalue weighted by Crippen LogP contribution is -2.26. The third-order valence-corrected chi connectivity index (χ3v) is 1.80. The average Bonchev–Trinajstić information content (AvgIpc) is 2.12. The summed E-state index contributed by atoms with van der Waals surface area (Å²) in [5.41, 5.74) is -3.95. The van der Waals surface area contributed by atoms with Gasteiger partial charge >= 0.3 is 12.4 Å². The Bertz CT molecular complexity index is 444. The monoisotopic (exact) mass is 260 g/mol. The van der Waals surface area contributed by atoms with Crippen LogP contribution >= 0.6 is 0 Å². The minimum absolute atomic E-state index is 0.279. The quantitative estimate of drug-likeness (QED) is 0.557. The van der Waals surface area contributed by atoms with E-state index >= 15 is 0 Å². The number of rotatable bonds is 1. The highest BCUT2D eigenvalue weighted by molar-refractivity contribution is 6.01. The van der Waals surface area contributed by atoms with Crippen LogP contribution in [0.3, 0.4) is 0 Å². The second-order valence-corrected chi connectivity index (χ2v) is 2.99. The Balaban J connectivity index is 3.46. The van der Waals surface area contributed by atoms with Gasteiger partial charge in [-0.25, -0.2) is 4.39 Å². The summed E-state index contributed by atoms with van der Waals surface area (Å²) in [7, 11) is 0. The number of carbonyl (C=O) groups excluding carboxylic acids is 1. The van der Waals surface area contributed by atoms with Gasteiger partial charge in [-0.1, -0.05) is 12.1 Å². The molecule has 0 amide bonds. The highest BCUT2D eigenvalue weighted by atomic mass is 19.4. The van der Waals surface area contributed by atoms with E-state index in [0.717, 1.165) is 0 Å². The topological polar surface area (TPSA) is 17.1 Å². The van der Waals surface area contributed by atoms with Crippen LogP contribution in [0.4, 0.5) is 30.7 Å². The Hall–Kier alpha value is -1.60. The van der Waals surface area contributed by atoms with E-state index in [1.165, 1.54) is 0 Å². The number of halogens is 7. The molecule has 0 bridgehead atoms. The van der Waals surface area contributed by atoms with Crippen molar-refractivity contribution in [3.05, 3.63) is 35.1 Å². The lowest BCUT2D eigenvalue weighted by atomic mass is 10.0. The number of hydrogen-bond donors (Lipinski definition) is 0. The maximum atomic E-state index is 12.9. The molecule has 1 aromatic rings. The molecule has 0 atom stereocenters. The molecule has 0 N–H and O–H groups in total. The molecular weight excluding hydrogens is 257 g/mol. The third-order valence-electron chi connectivity index (χ3n) is 1.80. The molecule has 0 aliphatic heterocycles. The van der Waals surface area contributed by atoms with Crippen molar-refractivity contribution >= 4 is 5.78 Å². The van der Waals surface area contributed by atoms with Crippen molar-refractivity contribution in [1.82, 2.24) is 0 Å². The summed E-state index contributed by atoms with van der Waals surface area (Å²) >= 11 is 0. The molecule has 0 aromatic heterocycles. The first kappa shape index (κ1) is 13.5. The van der Waals surface area contributed by atoms with E-state index in [4.69, 9.17) is 0 Å². The molecule has 1 nitrogen and oxygen atoms in total. The van der Waals surface area contributed by atoms with Crippen LogP contribution in [0.25, 0.3) is 0 Å². The van der Waals surface area contributed by atoms with E-state index in [0.29, 0.717) is 12.1 Å². The van der Waals surface area contributed by atoms with E-state index in [1.807, 2.05) is 0 Å². The van der Waals surface area contributed by atoms with Gasteiger partial charge in [0, 0.05) is 5.56 Å². The minimum Gasteiger partial charge on any atom is -0.284 e. The molecule has 0 fully saturated rings. The fraction of sp³-hybridized carbons (Fsp3) is 0.222. The van der Waals surface area contributed by atoms with Gasteiger partial charge in [-0.05, 0) is 6.07 Å². The van der Waals surface area contributed by atoms with Crippen molar-refractivity contribution in [2.45, 2.75) is 12.4 Å². The first-order valence-electron chi connectivity index (χ1n) is 4.02. The molecule has 0 heterocycles. The van der Waals surface area contributed by atoms with Gasteiger partial charge < -0.3 is 0 Å². The van der Waals surface area contributed by atoms with E-state index in [9.17, 15) is 35.5 Å². The van der Waals surface area contributed by atoms with Crippen molar-refractivity contribution in [2.75, 3.05) is 0 Å². The average molecular weight is 260 g/mol. The predicted octanol–water partition coefficient (Wildman–Crippen LogP) is 3.59. The molecule has 8 heteroatoms. The Morgan fingerprint density at radius 1 is 1.00 bits per heavy atom. The molecule has 0 saturated heterocycles. The van der Waals surface area contributed by atoms with Gasteiger partial charge in [0.2, 0.25) is 0 Å². The predicted molar refractivity (Wildman–Crippen MR) is 41.8 cm³/mol. The standard InChI is InChI=1S/C9H3F7O/c10-5-3-1-2-4(6(5)8(11,12)13)7(17)9(14,15)16/h1-3H. The molecule has 17 heavy (non-hydrogen) atoms. The summed E-state index contributed by atoms with van der Waals surface area (Å²) in [6.45, 7) is 0. The zero-order valence-electron chi connectivity index (χ0n) is 7.79. The molecule has 0 aliphatic rings. The van der Waals surface area contributed by atoms with Gasteiger partial charge in [0.05, 0.1) is 0 Å². The van der Waals surface area contributed by atoms with Crippen molar-refractivity contribution in [3.8, 4) is 0 Å². The van der Waals surface area contributed by atoms with Crippen molar-refractivity contribution in [1.29, 1.82) is 0 Å². The van der Waals surface area contributed by atoms with E-state index < -0.39 is 35.1 Å². The third kappa shape index (κ3) is 2.75. The van der Waals surface area contributed by atoms with Gasteiger partial charge in [-0.15, -0.1) is 0 Å². The van der Waals surface area contributed by atoms with E-state index in [1.54, 1.807) is 0 Å². The fourth-order valence-electron chi connectivity index (χ4n) is 1.15. The number of alkyl halides is 6. The zero-order valence-corrected chi connectivity index (χ0v) is 7.79. The maximum absolute atomic E-state index is 12.9. The smallest absolute Gasteiger partial charge is 0.284 e. The number of hydrogen-bond acceptors (Lipinski definition) is 1. The first-order chi connectivity index (χ1) is 7.55. The SMILES string of the molecule is O=C(c1cccc(F)c1C(F)(F)F)C(F)(F)F. The minimum atomic E-state index is -5.49. The van der Waals surface area contributed by atoms with Crippen LogP contribution in [0.2, 0.25) is 0 Å². The van der Waals surface area contributed by atoms with Gasteiger partial charge in [0.25, 0.3) is 5.78 Å². The molecule has 0 saturated carbocycles. The highest BCUT2D eigenvalue weighted by Crippen LogP contribution is 2.36. The summed E-state index contributed by atoms with van der Waals surface area (Å²) in [4.78, 5) is 10.7. The number of benzene rings is 1. The summed E-state index contributed by atoms with van der Waals surface area (Å²) in [5.74, 6) is -4.66. The van der Waals surface area contributed by atoms with Gasteiger partial charge in [-0.2, -0.15) is 26.3 Å². The molecule has 1 aromatic carbocycles. The second kappa shape index (κ2) is 4.01. The normalized spacial score (nSPS) is 12.6. The number of Topliss-reactive ketones (excluding diaryl/α,β-unsaturated/α-hetero) is 1. The molecule has 0 unspecified atom stereocenters. The zero-order chi connectivity index (χ0) is 13.4. The van der Waals surface area contributed by atoms with E-state index in [2.05, 4.69) is 0 Å². The fourth-order valence-corrected chi connectivity index (χ4v) is 1.15. The molecule has 0 spiro atoms. The Morgan fingerprint density at radius 3 is 1.94 bits per heavy atom. The molecule has 1 rings (SSSR count). The summed E-state index contributed by atoms with van der Waals surface area (Å²) in [6.07, 6.45) is -10.9. The van der Waals surface area contributed by atoms with Crippen LogP contribution in [0.1, 0.15) is 15.9 Å². The molecular formula is C9H3F7O. The Morgan fingerprint density at radius 2 is 1.53 bits per heavy atom. The summed E-state index contributed by atoms with van der Waals surface area (Å²) in [6, 6.07) is 1.21. The van der Waals surface area contributed by atoms with Crippen LogP contribution in [-0.2, 0) is 6.18 Å². The summed E-state index contributed by atoms with van der Waals surface area (Å²) in [5, 5.41) is 0. The Labute approximate surface area is 89.8 Å². The molecule has 0 aliphatic carbocycles. The van der Waals surface area contributed by atoms with Gasteiger partial charge in [0.1, 0.15) is 11.4 Å². The first-order valence-corrected chi connectivity index (χ1v) is 4.02. The van der Waals surface area contributed by atoms with Crippen LogP contribution < -0.4 is 0 Å². The van der Waals surface area contributed by atoms with Crippen LogP contribution in [0.15, 0.2) is 18.2 Å². The molecule has 94 valence electrons. The Kier molecular flexibility index (Phi) is 3.17. The molecule has 0 radical (unpaired) electrons.